The molecule has 0 radical (unpaired) electrons. The number of hydrogen-bond acceptors (Lipinski definition) is 7. The molecule has 2 aromatic carbocycles. The summed E-state index contributed by atoms with van der Waals surface area (Å²) in [5.41, 5.74) is 11.3. The monoisotopic (exact) mass is 484 g/mol. The van der Waals surface area contributed by atoms with Crippen LogP contribution in [0, 0.1) is 6.92 Å². The van der Waals surface area contributed by atoms with Gasteiger partial charge in [0.25, 0.3) is 5.91 Å². The SMILES string of the molecule is Cc1ccccc1C(=O)NCc1ccc(-c2nn(C3CCC4(C3)OCCO4)c3ncnc(N)c23)cc1. The third-order valence-electron chi connectivity index (χ3n) is 7.15. The van der Waals surface area contributed by atoms with Crippen molar-refractivity contribution in [3.8, 4) is 11.3 Å². The number of amides is 1. The molecule has 3 N–H and O–H groups in total. The van der Waals surface area contributed by atoms with E-state index in [1.807, 2.05) is 60.1 Å². The van der Waals surface area contributed by atoms with Crippen LogP contribution in [0.4, 0.5) is 5.82 Å². The summed E-state index contributed by atoms with van der Waals surface area (Å²) in [6, 6.07) is 15.6. The molecule has 2 fully saturated rings. The first-order chi connectivity index (χ1) is 17.5. The highest BCUT2D eigenvalue weighted by atomic mass is 16.7. The molecule has 1 aliphatic heterocycles. The molecule has 6 rings (SSSR count). The molecule has 184 valence electrons. The lowest BCUT2D eigenvalue weighted by Gasteiger charge is -2.21. The van der Waals surface area contributed by atoms with Gasteiger partial charge in [-0.15, -0.1) is 0 Å². The van der Waals surface area contributed by atoms with E-state index >= 15 is 0 Å². The summed E-state index contributed by atoms with van der Waals surface area (Å²) in [6.07, 6.45) is 3.93. The van der Waals surface area contributed by atoms with Crippen LogP contribution in [0.5, 0.6) is 0 Å². The zero-order chi connectivity index (χ0) is 24.7. The normalized spacial score (nSPS) is 18.8. The van der Waals surface area contributed by atoms with Crippen molar-refractivity contribution in [2.75, 3.05) is 18.9 Å². The number of nitrogens with one attached hydrogen (secondary N) is 1. The maximum atomic E-state index is 12.6. The van der Waals surface area contributed by atoms with Crippen LogP contribution in [0.3, 0.4) is 0 Å². The molecule has 1 amide bonds. The fraction of sp³-hybridized carbons (Fsp3) is 0.333. The Morgan fingerprint density at radius 1 is 1.14 bits per heavy atom. The second-order valence-corrected chi connectivity index (χ2v) is 9.45. The summed E-state index contributed by atoms with van der Waals surface area (Å²) >= 11 is 0. The Morgan fingerprint density at radius 3 is 2.69 bits per heavy atom. The van der Waals surface area contributed by atoms with Crippen molar-refractivity contribution in [2.24, 2.45) is 0 Å². The van der Waals surface area contributed by atoms with Crippen LogP contribution in [-0.2, 0) is 16.0 Å². The van der Waals surface area contributed by atoms with Gasteiger partial charge in [-0.2, -0.15) is 5.10 Å². The van der Waals surface area contributed by atoms with E-state index in [1.54, 1.807) is 0 Å². The molecule has 9 heteroatoms. The third kappa shape index (κ3) is 4.00. The first-order valence-electron chi connectivity index (χ1n) is 12.2. The second-order valence-electron chi connectivity index (χ2n) is 9.45. The molecule has 9 nitrogen and oxygen atoms in total. The molecule has 4 aromatic rings. The maximum Gasteiger partial charge on any atom is 0.251 e. The van der Waals surface area contributed by atoms with Gasteiger partial charge in [0.05, 0.1) is 24.6 Å². The highest BCUT2D eigenvalue weighted by molar-refractivity contribution is 5.98. The van der Waals surface area contributed by atoms with Crippen LogP contribution in [0.15, 0.2) is 54.9 Å². The van der Waals surface area contributed by atoms with E-state index < -0.39 is 5.79 Å². The van der Waals surface area contributed by atoms with Gasteiger partial charge < -0.3 is 20.5 Å². The van der Waals surface area contributed by atoms with E-state index in [0.29, 0.717) is 36.8 Å². The summed E-state index contributed by atoms with van der Waals surface area (Å²) in [4.78, 5) is 21.3. The number of fused-ring (bicyclic) bond motifs is 1. The molecular formula is C27H28N6O3. The Bertz CT molecular complexity index is 1430. The minimum atomic E-state index is -0.508. The van der Waals surface area contributed by atoms with Crippen molar-refractivity contribution in [2.45, 2.75) is 44.6 Å². The molecule has 1 unspecified atom stereocenters. The molecule has 1 aliphatic carbocycles. The average Bonchev–Trinajstić information content (AvgIpc) is 3.63. The van der Waals surface area contributed by atoms with Crippen molar-refractivity contribution in [1.29, 1.82) is 0 Å². The van der Waals surface area contributed by atoms with E-state index in [2.05, 4.69) is 15.3 Å². The second kappa shape index (κ2) is 9.00. The fourth-order valence-electron chi connectivity index (χ4n) is 5.26. The minimum absolute atomic E-state index is 0.0867. The molecule has 2 aromatic heterocycles. The number of nitrogens with zero attached hydrogens (tertiary/aromatic N) is 4. The van der Waals surface area contributed by atoms with Crippen LogP contribution in [-0.4, -0.2) is 44.7 Å². The Balaban J connectivity index is 1.25. The molecule has 2 aliphatic rings. The highest BCUT2D eigenvalue weighted by Gasteiger charge is 2.45. The molecule has 1 atom stereocenters. The summed E-state index contributed by atoms with van der Waals surface area (Å²) in [7, 11) is 0. The number of hydrogen-bond donors (Lipinski definition) is 2. The van der Waals surface area contributed by atoms with Gasteiger partial charge in [0.1, 0.15) is 17.8 Å². The van der Waals surface area contributed by atoms with E-state index in [4.69, 9.17) is 20.3 Å². The van der Waals surface area contributed by atoms with Gasteiger partial charge in [0.2, 0.25) is 0 Å². The quantitative estimate of drug-likeness (QED) is 0.443. The Morgan fingerprint density at radius 2 is 1.92 bits per heavy atom. The Labute approximate surface area is 208 Å². The molecule has 0 bridgehead atoms. The maximum absolute atomic E-state index is 12.6. The topological polar surface area (TPSA) is 117 Å². The van der Waals surface area contributed by atoms with Crippen LogP contribution in [0.1, 0.15) is 46.8 Å². The predicted molar refractivity (Wildman–Crippen MR) is 135 cm³/mol. The van der Waals surface area contributed by atoms with Gasteiger partial charge >= 0.3 is 0 Å². The summed E-state index contributed by atoms with van der Waals surface area (Å²) in [5.74, 6) is -0.195. The van der Waals surface area contributed by atoms with E-state index in [-0.39, 0.29) is 11.9 Å². The summed E-state index contributed by atoms with van der Waals surface area (Å²) in [5, 5.41) is 8.70. The van der Waals surface area contributed by atoms with Crippen LogP contribution in [0.25, 0.3) is 22.3 Å². The van der Waals surface area contributed by atoms with Crippen molar-refractivity contribution < 1.29 is 14.3 Å². The first-order valence-corrected chi connectivity index (χ1v) is 12.2. The van der Waals surface area contributed by atoms with Gasteiger partial charge in [-0.05, 0) is 30.5 Å². The molecule has 1 saturated heterocycles. The number of carbonyl (C=O) groups is 1. The molecule has 36 heavy (non-hydrogen) atoms. The first kappa shape index (κ1) is 22.6. The molecule has 1 saturated carbocycles. The minimum Gasteiger partial charge on any atom is -0.383 e. The molecule has 1 spiro atoms. The predicted octanol–water partition coefficient (Wildman–Crippen LogP) is 3.78. The van der Waals surface area contributed by atoms with E-state index in [1.165, 1.54) is 6.33 Å². The average molecular weight is 485 g/mol. The van der Waals surface area contributed by atoms with Crippen molar-refractivity contribution in [1.82, 2.24) is 25.1 Å². The number of anilines is 1. The van der Waals surface area contributed by atoms with Gasteiger partial charge in [0.15, 0.2) is 11.4 Å². The number of nitrogens with two attached hydrogens (primary N) is 1. The number of rotatable bonds is 5. The largest absolute Gasteiger partial charge is 0.383 e. The number of benzene rings is 2. The van der Waals surface area contributed by atoms with Crippen LogP contribution < -0.4 is 11.1 Å². The summed E-state index contributed by atoms with van der Waals surface area (Å²) in [6.45, 7) is 3.62. The zero-order valence-electron chi connectivity index (χ0n) is 20.1. The van der Waals surface area contributed by atoms with Crippen molar-refractivity contribution in [3.05, 3.63) is 71.5 Å². The van der Waals surface area contributed by atoms with Crippen molar-refractivity contribution >= 4 is 22.8 Å². The van der Waals surface area contributed by atoms with Gasteiger partial charge in [-0.1, -0.05) is 42.5 Å². The van der Waals surface area contributed by atoms with Crippen LogP contribution in [0.2, 0.25) is 0 Å². The Hall–Kier alpha value is -3.82. The standard InChI is InChI=1S/C27H28N6O3/c1-17-4-2-3-5-21(17)26(34)29-15-18-6-8-19(9-7-18)23-22-24(28)30-16-31-25(22)33(32-23)20-10-11-27(14-20)35-12-13-36-27/h2-9,16,20H,10-15H2,1H3,(H,29,34)(H2,28,30,31). The Kier molecular flexibility index (Phi) is 5.66. The third-order valence-corrected chi connectivity index (χ3v) is 7.15. The number of ether oxygens (including phenoxy) is 2. The van der Waals surface area contributed by atoms with E-state index in [9.17, 15) is 4.79 Å². The summed E-state index contributed by atoms with van der Waals surface area (Å²) < 4.78 is 13.8. The lowest BCUT2D eigenvalue weighted by Crippen LogP contribution is -2.26. The number of nitrogen functional groups attached to an aromatic ring is 1. The number of aryl methyl sites for hydroxylation is 1. The lowest BCUT2D eigenvalue weighted by atomic mass is 10.1. The van der Waals surface area contributed by atoms with Crippen molar-refractivity contribution in [3.63, 3.8) is 0 Å². The van der Waals surface area contributed by atoms with Gasteiger partial charge in [0, 0.05) is 30.5 Å². The fourth-order valence-corrected chi connectivity index (χ4v) is 5.26. The lowest BCUT2D eigenvalue weighted by molar-refractivity contribution is -0.152. The molecule has 3 heterocycles. The van der Waals surface area contributed by atoms with Crippen LogP contribution >= 0.6 is 0 Å². The van der Waals surface area contributed by atoms with Gasteiger partial charge in [-0.25, -0.2) is 14.6 Å². The smallest absolute Gasteiger partial charge is 0.251 e. The zero-order valence-corrected chi connectivity index (χ0v) is 20.1. The van der Waals surface area contributed by atoms with E-state index in [0.717, 1.165) is 47.0 Å². The number of aromatic nitrogens is 4. The molecular weight excluding hydrogens is 456 g/mol. The van der Waals surface area contributed by atoms with Gasteiger partial charge in [-0.3, -0.25) is 4.79 Å². The number of carbonyl (C=O) groups excluding carboxylic acids is 1. The highest BCUT2D eigenvalue weighted by Crippen LogP contribution is 2.44.